The SMILES string of the molecule is c1ccc(-c2ccc(-c3ccc(N(c4cccc(-c5cccc6c5oc5ccccc56)c4)c4ccccc4-c4cc(-c5ccccc5)ccc4-c4ccccc4-c4ccccc4)cc3)cc2)cc1. The lowest BCUT2D eigenvalue weighted by Gasteiger charge is -2.29. The fourth-order valence-electron chi connectivity index (χ4n) is 9.80. The molecule has 0 unspecified atom stereocenters. The molecule has 1 heterocycles. The number of benzene rings is 11. The fourth-order valence-corrected chi connectivity index (χ4v) is 9.80. The van der Waals surface area contributed by atoms with E-state index in [1.807, 2.05) is 6.07 Å². The van der Waals surface area contributed by atoms with Crippen molar-refractivity contribution in [1.82, 2.24) is 0 Å². The minimum Gasteiger partial charge on any atom is -0.455 e. The smallest absolute Gasteiger partial charge is 0.143 e. The molecule has 0 fully saturated rings. The molecule has 12 rings (SSSR count). The fraction of sp³-hybridized carbons (Fsp3) is 0. The van der Waals surface area contributed by atoms with Gasteiger partial charge in [0.2, 0.25) is 0 Å². The van der Waals surface area contributed by atoms with E-state index in [4.69, 9.17) is 4.42 Å². The van der Waals surface area contributed by atoms with Gasteiger partial charge in [0.05, 0.1) is 5.69 Å². The average Bonchev–Trinajstić information content (AvgIpc) is 3.81. The third-order valence-corrected chi connectivity index (χ3v) is 13.1. The normalized spacial score (nSPS) is 11.2. The van der Waals surface area contributed by atoms with Gasteiger partial charge in [0, 0.05) is 33.3 Å². The van der Waals surface area contributed by atoms with Gasteiger partial charge in [-0.05, 0) is 109 Å². The molecule has 0 aliphatic heterocycles. The number of fused-ring (bicyclic) bond motifs is 3. The van der Waals surface area contributed by atoms with E-state index >= 15 is 0 Å². The van der Waals surface area contributed by atoms with Crippen LogP contribution >= 0.6 is 0 Å². The summed E-state index contributed by atoms with van der Waals surface area (Å²) in [4.78, 5) is 2.42. The van der Waals surface area contributed by atoms with Gasteiger partial charge in [-0.3, -0.25) is 0 Å². The maximum atomic E-state index is 6.60. The van der Waals surface area contributed by atoms with Gasteiger partial charge in [-0.1, -0.05) is 231 Å². The van der Waals surface area contributed by atoms with Crippen molar-refractivity contribution in [2.45, 2.75) is 0 Å². The van der Waals surface area contributed by atoms with Crippen LogP contribution in [0.25, 0.3) is 99.8 Å². The van der Waals surface area contributed by atoms with Crippen LogP contribution in [-0.4, -0.2) is 0 Å². The number of furan rings is 1. The van der Waals surface area contributed by atoms with Crippen LogP contribution in [0, 0.1) is 0 Å². The second-order valence-corrected chi connectivity index (χ2v) is 17.2. The maximum Gasteiger partial charge on any atom is 0.143 e. The average molecular weight is 868 g/mol. The summed E-state index contributed by atoms with van der Waals surface area (Å²) in [5.74, 6) is 0. The van der Waals surface area contributed by atoms with Crippen LogP contribution in [0.3, 0.4) is 0 Å². The van der Waals surface area contributed by atoms with E-state index in [0.29, 0.717) is 0 Å². The summed E-state index contributed by atoms with van der Waals surface area (Å²) in [7, 11) is 0. The largest absolute Gasteiger partial charge is 0.455 e. The molecule has 0 N–H and O–H groups in total. The third kappa shape index (κ3) is 7.64. The Morgan fingerprint density at radius 3 is 1.41 bits per heavy atom. The second kappa shape index (κ2) is 17.8. The number of para-hydroxylation sites is 3. The van der Waals surface area contributed by atoms with Gasteiger partial charge >= 0.3 is 0 Å². The van der Waals surface area contributed by atoms with Crippen LogP contribution < -0.4 is 4.90 Å². The van der Waals surface area contributed by atoms with Gasteiger partial charge in [-0.2, -0.15) is 0 Å². The monoisotopic (exact) mass is 867 g/mol. The summed E-state index contributed by atoms with van der Waals surface area (Å²) in [5, 5.41) is 2.23. The van der Waals surface area contributed by atoms with E-state index in [-0.39, 0.29) is 0 Å². The van der Waals surface area contributed by atoms with Crippen LogP contribution in [0.1, 0.15) is 0 Å². The van der Waals surface area contributed by atoms with Crippen molar-refractivity contribution in [3.8, 4) is 77.9 Å². The van der Waals surface area contributed by atoms with Crippen LogP contribution in [-0.2, 0) is 0 Å². The first-order valence-corrected chi connectivity index (χ1v) is 23.2. The zero-order valence-corrected chi connectivity index (χ0v) is 37.3. The highest BCUT2D eigenvalue weighted by atomic mass is 16.3. The molecule has 0 aliphatic rings. The molecule has 0 saturated carbocycles. The van der Waals surface area contributed by atoms with E-state index in [1.54, 1.807) is 0 Å². The molecule has 0 radical (unpaired) electrons. The predicted molar refractivity (Wildman–Crippen MR) is 286 cm³/mol. The summed E-state index contributed by atoms with van der Waals surface area (Å²) in [6, 6.07) is 98.1. The Balaban J connectivity index is 1.05. The first kappa shape index (κ1) is 40.5. The lowest BCUT2D eigenvalue weighted by molar-refractivity contribution is 0.670. The highest BCUT2D eigenvalue weighted by Gasteiger charge is 2.22. The molecular formula is C66H45NO. The highest BCUT2D eigenvalue weighted by molar-refractivity contribution is 6.10. The van der Waals surface area contributed by atoms with E-state index in [0.717, 1.165) is 77.9 Å². The molecule has 0 amide bonds. The topological polar surface area (TPSA) is 16.4 Å². The first-order chi connectivity index (χ1) is 33.7. The highest BCUT2D eigenvalue weighted by Crippen LogP contribution is 2.47. The first-order valence-electron chi connectivity index (χ1n) is 23.2. The summed E-state index contributed by atoms with van der Waals surface area (Å²) in [6.45, 7) is 0. The number of anilines is 3. The lowest BCUT2D eigenvalue weighted by atomic mass is 9.86. The van der Waals surface area contributed by atoms with Crippen molar-refractivity contribution in [3.05, 3.63) is 273 Å². The third-order valence-electron chi connectivity index (χ3n) is 13.1. The van der Waals surface area contributed by atoms with Crippen LogP contribution in [0.2, 0.25) is 0 Å². The Morgan fingerprint density at radius 1 is 0.235 bits per heavy atom. The quantitative estimate of drug-likeness (QED) is 0.136. The Morgan fingerprint density at radius 2 is 0.706 bits per heavy atom. The summed E-state index contributed by atoms with van der Waals surface area (Å²) in [6.07, 6.45) is 0. The van der Waals surface area contributed by atoms with E-state index in [2.05, 4.69) is 272 Å². The van der Waals surface area contributed by atoms with E-state index in [1.165, 1.54) is 38.9 Å². The summed E-state index contributed by atoms with van der Waals surface area (Å²) in [5.41, 5.74) is 21.1. The van der Waals surface area contributed by atoms with Gasteiger partial charge in [0.25, 0.3) is 0 Å². The Hall–Kier alpha value is -8.98. The number of hydrogen-bond donors (Lipinski definition) is 0. The Bertz CT molecular complexity index is 3700. The lowest BCUT2D eigenvalue weighted by Crippen LogP contribution is -2.11. The van der Waals surface area contributed by atoms with E-state index < -0.39 is 0 Å². The molecule has 0 aliphatic carbocycles. The van der Waals surface area contributed by atoms with Crippen LogP contribution in [0.5, 0.6) is 0 Å². The van der Waals surface area contributed by atoms with Gasteiger partial charge < -0.3 is 9.32 Å². The molecule has 0 atom stereocenters. The molecule has 0 saturated heterocycles. The molecule has 11 aromatic carbocycles. The zero-order chi connectivity index (χ0) is 45.2. The van der Waals surface area contributed by atoms with Crippen molar-refractivity contribution < 1.29 is 4.42 Å². The number of nitrogens with zero attached hydrogens (tertiary/aromatic N) is 1. The molecule has 0 bridgehead atoms. The van der Waals surface area contributed by atoms with Gasteiger partial charge in [0.15, 0.2) is 0 Å². The predicted octanol–water partition coefficient (Wildman–Crippen LogP) is 18.7. The van der Waals surface area contributed by atoms with E-state index in [9.17, 15) is 0 Å². The van der Waals surface area contributed by atoms with Crippen molar-refractivity contribution >= 4 is 39.0 Å². The molecular weight excluding hydrogens is 823 g/mol. The maximum absolute atomic E-state index is 6.60. The van der Waals surface area contributed by atoms with Crippen LogP contribution in [0.15, 0.2) is 277 Å². The minimum absolute atomic E-state index is 0.888. The molecule has 320 valence electrons. The Kier molecular flexibility index (Phi) is 10.6. The standard InChI is InChI=1S/C66H45NO/c1-4-18-46(19-5-1)48-34-36-49(37-35-48)50-38-41-54(42-39-50)67(55-25-16-24-53(44-55)57-30-17-31-62-61-29-13-15-33-65(61)68-66(57)62)64-32-14-12-28-60(64)63-45-52(47-20-6-2-7-21-47)40-43-59(63)58-27-11-10-26-56(58)51-22-8-3-9-23-51/h1-45H. The number of rotatable bonds is 10. The molecule has 0 spiro atoms. The van der Waals surface area contributed by atoms with Crippen molar-refractivity contribution in [1.29, 1.82) is 0 Å². The molecule has 2 nitrogen and oxygen atoms in total. The van der Waals surface area contributed by atoms with Gasteiger partial charge in [0.1, 0.15) is 11.2 Å². The van der Waals surface area contributed by atoms with Crippen molar-refractivity contribution in [2.75, 3.05) is 4.90 Å². The minimum atomic E-state index is 0.888. The summed E-state index contributed by atoms with van der Waals surface area (Å²) < 4.78 is 6.60. The van der Waals surface area contributed by atoms with Crippen LogP contribution in [0.4, 0.5) is 17.1 Å². The zero-order valence-electron chi connectivity index (χ0n) is 37.3. The number of hydrogen-bond acceptors (Lipinski definition) is 2. The molecule has 2 heteroatoms. The van der Waals surface area contributed by atoms with Crippen molar-refractivity contribution in [3.63, 3.8) is 0 Å². The van der Waals surface area contributed by atoms with Gasteiger partial charge in [-0.25, -0.2) is 0 Å². The van der Waals surface area contributed by atoms with Crippen molar-refractivity contribution in [2.24, 2.45) is 0 Å². The van der Waals surface area contributed by atoms with Gasteiger partial charge in [-0.15, -0.1) is 0 Å². The Labute approximate surface area is 397 Å². The molecule has 12 aromatic rings. The molecule has 1 aromatic heterocycles. The molecule has 68 heavy (non-hydrogen) atoms. The second-order valence-electron chi connectivity index (χ2n) is 17.2. The summed E-state index contributed by atoms with van der Waals surface area (Å²) >= 11 is 0.